The topological polar surface area (TPSA) is 93.7 Å². The average molecular weight is 322 g/mol. The summed E-state index contributed by atoms with van der Waals surface area (Å²) in [6.07, 6.45) is 0. The SMILES string of the molecule is CCNC(=O)[C@@H](C)NC(=O)COC(=O)c1ccccc1OCC. The fourth-order valence-corrected chi connectivity index (χ4v) is 1.80. The molecule has 2 amide bonds. The molecule has 2 N–H and O–H groups in total. The van der Waals surface area contributed by atoms with Gasteiger partial charge in [0.15, 0.2) is 6.61 Å². The van der Waals surface area contributed by atoms with Crippen molar-refractivity contribution >= 4 is 17.8 Å². The molecule has 0 saturated carbocycles. The van der Waals surface area contributed by atoms with Gasteiger partial charge in [0, 0.05) is 6.54 Å². The number of benzene rings is 1. The van der Waals surface area contributed by atoms with Gasteiger partial charge in [-0.1, -0.05) is 12.1 Å². The Bertz CT molecular complexity index is 559. The molecule has 126 valence electrons. The predicted molar refractivity (Wildman–Crippen MR) is 84.2 cm³/mol. The van der Waals surface area contributed by atoms with Crippen molar-refractivity contribution in [2.24, 2.45) is 0 Å². The van der Waals surface area contributed by atoms with E-state index in [0.29, 0.717) is 18.9 Å². The molecule has 1 rings (SSSR count). The first kappa shape index (κ1) is 18.5. The van der Waals surface area contributed by atoms with Crippen molar-refractivity contribution in [1.29, 1.82) is 0 Å². The van der Waals surface area contributed by atoms with E-state index in [1.165, 1.54) is 0 Å². The van der Waals surface area contributed by atoms with Crippen molar-refractivity contribution in [3.8, 4) is 5.75 Å². The van der Waals surface area contributed by atoms with Gasteiger partial charge in [-0.2, -0.15) is 0 Å². The summed E-state index contributed by atoms with van der Waals surface area (Å²) in [5, 5.41) is 5.04. The molecule has 1 aromatic carbocycles. The zero-order chi connectivity index (χ0) is 17.2. The summed E-state index contributed by atoms with van der Waals surface area (Å²) in [5.41, 5.74) is 0.249. The van der Waals surface area contributed by atoms with E-state index in [9.17, 15) is 14.4 Å². The van der Waals surface area contributed by atoms with Crippen molar-refractivity contribution in [1.82, 2.24) is 10.6 Å². The summed E-state index contributed by atoms with van der Waals surface area (Å²) in [6.45, 7) is 5.55. The van der Waals surface area contributed by atoms with Crippen LogP contribution in [0.1, 0.15) is 31.1 Å². The molecule has 0 aromatic heterocycles. The first-order chi connectivity index (χ1) is 11.0. The molecular formula is C16H22N2O5. The van der Waals surface area contributed by atoms with Crippen molar-refractivity contribution < 1.29 is 23.9 Å². The van der Waals surface area contributed by atoms with Crippen LogP contribution in [0.5, 0.6) is 5.75 Å². The highest BCUT2D eigenvalue weighted by Crippen LogP contribution is 2.18. The van der Waals surface area contributed by atoms with Crippen LogP contribution >= 0.6 is 0 Å². The van der Waals surface area contributed by atoms with Gasteiger partial charge in [-0.15, -0.1) is 0 Å². The van der Waals surface area contributed by atoms with Crippen LogP contribution in [0, 0.1) is 0 Å². The molecule has 0 saturated heterocycles. The summed E-state index contributed by atoms with van der Waals surface area (Å²) < 4.78 is 10.3. The van der Waals surface area contributed by atoms with Crippen molar-refractivity contribution in [2.75, 3.05) is 19.8 Å². The van der Waals surface area contributed by atoms with E-state index < -0.39 is 24.5 Å². The van der Waals surface area contributed by atoms with Crippen LogP contribution in [0.25, 0.3) is 0 Å². The summed E-state index contributed by atoms with van der Waals surface area (Å²) in [4.78, 5) is 35.2. The van der Waals surface area contributed by atoms with Crippen molar-refractivity contribution in [3.63, 3.8) is 0 Å². The number of carbonyl (C=O) groups excluding carboxylic acids is 3. The van der Waals surface area contributed by atoms with Gasteiger partial charge in [0.1, 0.15) is 17.4 Å². The first-order valence-corrected chi connectivity index (χ1v) is 7.45. The number of rotatable bonds is 8. The minimum Gasteiger partial charge on any atom is -0.493 e. The molecule has 23 heavy (non-hydrogen) atoms. The molecular weight excluding hydrogens is 300 g/mol. The second-order valence-electron chi connectivity index (χ2n) is 4.69. The van der Waals surface area contributed by atoms with Crippen LogP contribution in [0.3, 0.4) is 0 Å². The van der Waals surface area contributed by atoms with E-state index in [0.717, 1.165) is 0 Å². The van der Waals surface area contributed by atoms with Gasteiger partial charge in [-0.25, -0.2) is 4.79 Å². The van der Waals surface area contributed by atoms with Crippen LogP contribution in [0.4, 0.5) is 0 Å². The fourth-order valence-electron chi connectivity index (χ4n) is 1.80. The molecule has 0 heterocycles. The van der Waals surface area contributed by atoms with Gasteiger partial charge in [-0.3, -0.25) is 9.59 Å². The standard InChI is InChI=1S/C16H22N2O5/c1-4-17-15(20)11(3)18-14(19)10-23-16(21)12-8-6-7-9-13(12)22-5-2/h6-9,11H,4-5,10H2,1-3H3,(H,17,20)(H,18,19)/t11-/m1/s1. The molecule has 0 bridgehead atoms. The van der Waals surface area contributed by atoms with E-state index in [1.807, 2.05) is 0 Å². The van der Waals surface area contributed by atoms with Gasteiger partial charge >= 0.3 is 5.97 Å². The number of para-hydroxylation sites is 1. The van der Waals surface area contributed by atoms with Gasteiger partial charge in [0.25, 0.3) is 5.91 Å². The quantitative estimate of drug-likeness (QED) is 0.693. The Hall–Kier alpha value is -2.57. The molecule has 7 nitrogen and oxygen atoms in total. The summed E-state index contributed by atoms with van der Waals surface area (Å²) >= 11 is 0. The third-order valence-corrected chi connectivity index (χ3v) is 2.86. The van der Waals surface area contributed by atoms with Gasteiger partial charge in [0.2, 0.25) is 5.91 Å². The molecule has 0 fully saturated rings. The summed E-state index contributed by atoms with van der Waals surface area (Å²) in [6, 6.07) is 5.93. The van der Waals surface area contributed by atoms with Crippen LogP contribution in [-0.4, -0.2) is 43.6 Å². The number of amides is 2. The lowest BCUT2D eigenvalue weighted by Gasteiger charge is -2.14. The third kappa shape index (κ3) is 5.98. The molecule has 1 aromatic rings. The molecule has 0 unspecified atom stereocenters. The number of hydrogen-bond donors (Lipinski definition) is 2. The first-order valence-electron chi connectivity index (χ1n) is 7.45. The monoisotopic (exact) mass is 322 g/mol. The summed E-state index contributed by atoms with van der Waals surface area (Å²) in [7, 11) is 0. The molecule has 0 spiro atoms. The van der Waals surface area contributed by atoms with Gasteiger partial charge in [0.05, 0.1) is 6.61 Å². The lowest BCUT2D eigenvalue weighted by Crippen LogP contribution is -2.46. The normalized spacial score (nSPS) is 11.3. The van der Waals surface area contributed by atoms with E-state index >= 15 is 0 Å². The van der Waals surface area contributed by atoms with E-state index in [-0.39, 0.29) is 11.5 Å². The number of esters is 1. The average Bonchev–Trinajstić information content (AvgIpc) is 2.53. The molecule has 7 heteroatoms. The lowest BCUT2D eigenvalue weighted by molar-refractivity contribution is -0.130. The maximum absolute atomic E-state index is 12.0. The van der Waals surface area contributed by atoms with Crippen molar-refractivity contribution in [3.05, 3.63) is 29.8 Å². The Balaban J connectivity index is 2.53. The molecule has 0 aliphatic carbocycles. The second kappa shape index (κ2) is 9.45. The number of nitrogens with one attached hydrogen (secondary N) is 2. The minimum absolute atomic E-state index is 0.249. The molecule has 0 aliphatic rings. The van der Waals surface area contributed by atoms with Crippen LogP contribution < -0.4 is 15.4 Å². The highest BCUT2D eigenvalue weighted by molar-refractivity contribution is 5.94. The van der Waals surface area contributed by atoms with E-state index in [2.05, 4.69) is 10.6 Å². The number of ether oxygens (including phenoxy) is 2. The zero-order valence-corrected chi connectivity index (χ0v) is 13.5. The van der Waals surface area contributed by atoms with E-state index in [1.54, 1.807) is 45.0 Å². The van der Waals surface area contributed by atoms with Crippen LogP contribution in [0.15, 0.2) is 24.3 Å². The maximum Gasteiger partial charge on any atom is 0.342 e. The van der Waals surface area contributed by atoms with E-state index in [4.69, 9.17) is 9.47 Å². The highest BCUT2D eigenvalue weighted by atomic mass is 16.5. The largest absolute Gasteiger partial charge is 0.493 e. The molecule has 0 radical (unpaired) electrons. The molecule has 1 atom stereocenters. The minimum atomic E-state index is -0.697. The smallest absolute Gasteiger partial charge is 0.342 e. The zero-order valence-electron chi connectivity index (χ0n) is 13.5. The third-order valence-electron chi connectivity index (χ3n) is 2.86. The Labute approximate surface area is 135 Å². The van der Waals surface area contributed by atoms with Gasteiger partial charge < -0.3 is 20.1 Å². The number of likely N-dealkylation sites (N-methyl/N-ethyl adjacent to an activating group) is 1. The summed E-state index contributed by atoms with van der Waals surface area (Å²) in [5.74, 6) is -1.11. The predicted octanol–water partition coefficient (Wildman–Crippen LogP) is 0.883. The van der Waals surface area contributed by atoms with Gasteiger partial charge in [-0.05, 0) is 32.9 Å². The molecule has 0 aliphatic heterocycles. The Morgan fingerprint density at radius 3 is 2.52 bits per heavy atom. The number of hydrogen-bond acceptors (Lipinski definition) is 5. The Morgan fingerprint density at radius 1 is 1.17 bits per heavy atom. The lowest BCUT2D eigenvalue weighted by atomic mass is 10.2. The highest BCUT2D eigenvalue weighted by Gasteiger charge is 2.18. The maximum atomic E-state index is 12.0. The Kier molecular flexibility index (Phi) is 7.59. The number of carbonyl (C=O) groups is 3. The van der Waals surface area contributed by atoms with Crippen LogP contribution in [0.2, 0.25) is 0 Å². The van der Waals surface area contributed by atoms with Crippen LogP contribution in [-0.2, 0) is 14.3 Å². The fraction of sp³-hybridized carbons (Fsp3) is 0.438. The Morgan fingerprint density at radius 2 is 1.87 bits per heavy atom. The van der Waals surface area contributed by atoms with Crippen molar-refractivity contribution in [2.45, 2.75) is 26.8 Å². The second-order valence-corrected chi connectivity index (χ2v) is 4.69.